The number of ketones is 1. The van der Waals surface area contributed by atoms with Crippen LogP contribution in [0.15, 0.2) is 28.7 Å². The number of hydrogen-bond donors (Lipinski definition) is 0. The van der Waals surface area contributed by atoms with Gasteiger partial charge in [-0.1, -0.05) is 23.7 Å². The Balaban J connectivity index is 2.32. The average molecular weight is 267 g/mol. The third kappa shape index (κ3) is 2.57. The molecule has 18 heavy (non-hydrogen) atoms. The van der Waals surface area contributed by atoms with Crippen molar-refractivity contribution >= 4 is 28.4 Å². The summed E-state index contributed by atoms with van der Waals surface area (Å²) in [5.41, 5.74) is 0.0533. The fourth-order valence-corrected chi connectivity index (χ4v) is 1.93. The first-order valence-electron chi connectivity index (χ1n) is 5.69. The first-order chi connectivity index (χ1) is 8.43. The van der Waals surface area contributed by atoms with Crippen LogP contribution in [0.5, 0.6) is 0 Å². The van der Waals surface area contributed by atoms with E-state index in [4.69, 9.17) is 20.8 Å². The molecule has 1 aromatic carbocycles. The Morgan fingerprint density at radius 3 is 2.78 bits per heavy atom. The number of Topliss-reactive ketones (excluding diaryl/α,β-unsaturated/α-hetero) is 1. The number of carbonyl (C=O) groups excluding carboxylic acids is 1. The highest BCUT2D eigenvalue weighted by Gasteiger charge is 2.24. The van der Waals surface area contributed by atoms with Gasteiger partial charge in [-0.3, -0.25) is 4.79 Å². The number of carbonyl (C=O) groups is 1. The Kier molecular flexibility index (Phi) is 3.46. The van der Waals surface area contributed by atoms with Gasteiger partial charge in [-0.15, -0.1) is 0 Å². The predicted octanol–water partition coefficient (Wildman–Crippen LogP) is 4.08. The molecule has 0 atom stereocenters. The van der Waals surface area contributed by atoms with Crippen LogP contribution in [-0.4, -0.2) is 18.5 Å². The largest absolute Gasteiger partial charge is 0.451 e. The minimum atomic E-state index is -0.500. The molecular formula is C14H15ClO3. The van der Waals surface area contributed by atoms with Crippen molar-refractivity contribution < 1.29 is 13.9 Å². The summed E-state index contributed by atoms with van der Waals surface area (Å²) in [5.74, 6) is 0.234. The van der Waals surface area contributed by atoms with Gasteiger partial charge in [0.05, 0.1) is 10.6 Å². The van der Waals surface area contributed by atoms with Crippen LogP contribution in [-0.2, 0) is 4.74 Å². The molecule has 0 aliphatic carbocycles. The minimum absolute atomic E-state index is 0.0888. The average Bonchev–Trinajstić information content (AvgIpc) is 2.74. The molecule has 0 aliphatic heterocycles. The Morgan fingerprint density at radius 2 is 2.17 bits per heavy atom. The van der Waals surface area contributed by atoms with Gasteiger partial charge in [0.2, 0.25) is 5.78 Å². The summed E-state index contributed by atoms with van der Waals surface area (Å²) in [7, 11) is 1.59. The van der Waals surface area contributed by atoms with E-state index >= 15 is 0 Å². The number of ether oxygens (including phenoxy) is 1. The van der Waals surface area contributed by atoms with Gasteiger partial charge in [-0.05, 0) is 26.0 Å². The van der Waals surface area contributed by atoms with E-state index in [9.17, 15) is 4.79 Å². The van der Waals surface area contributed by atoms with Crippen LogP contribution in [0.3, 0.4) is 0 Å². The summed E-state index contributed by atoms with van der Waals surface area (Å²) in [5, 5.41) is 1.35. The SMILES string of the molecule is COC(C)(C)CC(=O)c1cc2cccc(Cl)c2o1. The van der Waals surface area contributed by atoms with Crippen molar-refractivity contribution in [3.63, 3.8) is 0 Å². The van der Waals surface area contributed by atoms with Crippen LogP contribution in [0.4, 0.5) is 0 Å². The van der Waals surface area contributed by atoms with E-state index in [1.165, 1.54) is 0 Å². The highest BCUT2D eigenvalue weighted by molar-refractivity contribution is 6.34. The van der Waals surface area contributed by atoms with E-state index in [2.05, 4.69) is 0 Å². The van der Waals surface area contributed by atoms with Crippen LogP contribution >= 0.6 is 11.6 Å². The summed E-state index contributed by atoms with van der Waals surface area (Å²) >= 11 is 6.01. The lowest BCUT2D eigenvalue weighted by Gasteiger charge is -2.20. The standard InChI is InChI=1S/C14H15ClO3/c1-14(2,17-3)8-11(16)12-7-9-5-4-6-10(15)13(9)18-12/h4-7H,8H2,1-3H3. The summed E-state index contributed by atoms with van der Waals surface area (Å²) < 4.78 is 10.8. The summed E-state index contributed by atoms with van der Waals surface area (Å²) in [6, 6.07) is 7.15. The lowest BCUT2D eigenvalue weighted by atomic mass is 10.0. The summed E-state index contributed by atoms with van der Waals surface area (Å²) in [6.07, 6.45) is 0.265. The van der Waals surface area contributed by atoms with Crippen molar-refractivity contribution in [2.24, 2.45) is 0 Å². The Hall–Kier alpha value is -1.32. The van der Waals surface area contributed by atoms with Gasteiger partial charge in [0, 0.05) is 18.9 Å². The van der Waals surface area contributed by atoms with E-state index < -0.39 is 5.60 Å². The molecule has 1 aromatic heterocycles. The quantitative estimate of drug-likeness (QED) is 0.783. The number of benzene rings is 1. The van der Waals surface area contributed by atoms with Crippen LogP contribution in [0.1, 0.15) is 30.8 Å². The molecule has 2 aromatic rings. The number of para-hydroxylation sites is 1. The van der Waals surface area contributed by atoms with E-state index in [1.807, 2.05) is 26.0 Å². The van der Waals surface area contributed by atoms with Crippen molar-refractivity contribution in [1.82, 2.24) is 0 Å². The molecule has 0 spiro atoms. The van der Waals surface area contributed by atoms with Gasteiger partial charge in [0.15, 0.2) is 11.3 Å². The van der Waals surface area contributed by atoms with E-state index in [0.717, 1.165) is 5.39 Å². The zero-order chi connectivity index (χ0) is 13.3. The second-order valence-electron chi connectivity index (χ2n) is 4.83. The molecule has 0 saturated carbocycles. The number of methoxy groups -OCH3 is 1. The van der Waals surface area contributed by atoms with Crippen molar-refractivity contribution in [3.05, 3.63) is 35.0 Å². The smallest absolute Gasteiger partial charge is 0.200 e. The van der Waals surface area contributed by atoms with E-state index in [0.29, 0.717) is 16.4 Å². The maximum atomic E-state index is 12.1. The monoisotopic (exact) mass is 266 g/mol. The van der Waals surface area contributed by atoms with Gasteiger partial charge in [-0.25, -0.2) is 0 Å². The van der Waals surface area contributed by atoms with Crippen LogP contribution in [0.2, 0.25) is 5.02 Å². The normalized spacial score (nSPS) is 12.0. The van der Waals surface area contributed by atoms with Gasteiger partial charge < -0.3 is 9.15 Å². The molecule has 0 N–H and O–H groups in total. The van der Waals surface area contributed by atoms with Crippen molar-refractivity contribution in [2.45, 2.75) is 25.9 Å². The molecule has 0 bridgehead atoms. The second kappa shape index (κ2) is 4.75. The summed E-state index contributed by atoms with van der Waals surface area (Å²) in [6.45, 7) is 3.72. The van der Waals surface area contributed by atoms with Crippen molar-refractivity contribution in [2.75, 3.05) is 7.11 Å². The highest BCUT2D eigenvalue weighted by Crippen LogP contribution is 2.28. The first-order valence-corrected chi connectivity index (χ1v) is 6.07. The van der Waals surface area contributed by atoms with Crippen LogP contribution in [0, 0.1) is 0 Å². The molecule has 0 radical (unpaired) electrons. The van der Waals surface area contributed by atoms with Crippen LogP contribution in [0.25, 0.3) is 11.0 Å². The third-order valence-corrected chi connectivity index (χ3v) is 3.21. The predicted molar refractivity (Wildman–Crippen MR) is 71.3 cm³/mol. The van der Waals surface area contributed by atoms with Gasteiger partial charge in [0.25, 0.3) is 0 Å². The lowest BCUT2D eigenvalue weighted by molar-refractivity contribution is 0.0164. The molecule has 4 heteroatoms. The lowest BCUT2D eigenvalue weighted by Crippen LogP contribution is -2.26. The molecule has 1 heterocycles. The molecule has 3 nitrogen and oxygen atoms in total. The van der Waals surface area contributed by atoms with E-state index in [1.54, 1.807) is 19.2 Å². The Labute approximate surface area is 111 Å². The Bertz CT molecular complexity index is 584. The molecule has 0 unspecified atom stereocenters. The fraction of sp³-hybridized carbons (Fsp3) is 0.357. The molecule has 0 aliphatic rings. The number of rotatable bonds is 4. The van der Waals surface area contributed by atoms with Gasteiger partial charge in [0.1, 0.15) is 0 Å². The number of fused-ring (bicyclic) bond motifs is 1. The van der Waals surface area contributed by atoms with Gasteiger partial charge >= 0.3 is 0 Å². The zero-order valence-electron chi connectivity index (χ0n) is 10.6. The highest BCUT2D eigenvalue weighted by atomic mass is 35.5. The van der Waals surface area contributed by atoms with Crippen LogP contribution < -0.4 is 0 Å². The third-order valence-electron chi connectivity index (χ3n) is 2.91. The molecule has 96 valence electrons. The second-order valence-corrected chi connectivity index (χ2v) is 5.24. The Morgan fingerprint density at radius 1 is 1.44 bits per heavy atom. The topological polar surface area (TPSA) is 39.4 Å². The van der Waals surface area contributed by atoms with E-state index in [-0.39, 0.29) is 12.2 Å². The maximum Gasteiger partial charge on any atom is 0.200 e. The first kappa shape index (κ1) is 13.1. The number of furan rings is 1. The molecule has 0 fully saturated rings. The van der Waals surface area contributed by atoms with Gasteiger partial charge in [-0.2, -0.15) is 0 Å². The zero-order valence-corrected chi connectivity index (χ0v) is 11.4. The summed E-state index contributed by atoms with van der Waals surface area (Å²) in [4.78, 5) is 12.1. The van der Waals surface area contributed by atoms with Crippen molar-refractivity contribution in [1.29, 1.82) is 0 Å². The maximum absolute atomic E-state index is 12.1. The molecule has 0 saturated heterocycles. The molecular weight excluding hydrogens is 252 g/mol. The molecule has 0 amide bonds. The number of halogens is 1. The number of hydrogen-bond acceptors (Lipinski definition) is 3. The fourth-order valence-electron chi connectivity index (χ4n) is 1.71. The minimum Gasteiger partial charge on any atom is -0.451 e. The molecule has 2 rings (SSSR count). The van der Waals surface area contributed by atoms with Crippen molar-refractivity contribution in [3.8, 4) is 0 Å².